The van der Waals surface area contributed by atoms with Gasteiger partial charge in [-0.25, -0.2) is 0 Å². The van der Waals surface area contributed by atoms with Gasteiger partial charge in [0.2, 0.25) is 0 Å². The maximum absolute atomic E-state index is 12.4. The van der Waals surface area contributed by atoms with Crippen molar-refractivity contribution in [3.05, 3.63) is 53.9 Å². The Morgan fingerprint density at radius 1 is 1.42 bits per heavy atom. The molecule has 5 heteroatoms. The van der Waals surface area contributed by atoms with E-state index in [4.69, 9.17) is 4.74 Å². The Balaban J connectivity index is 2.08. The number of likely N-dealkylation sites (N-methyl/N-ethyl adjacent to an activating group) is 1. The van der Waals surface area contributed by atoms with Crippen molar-refractivity contribution in [1.29, 1.82) is 0 Å². The second-order valence-electron chi connectivity index (χ2n) is 4.33. The van der Waals surface area contributed by atoms with Crippen LogP contribution in [-0.4, -0.2) is 35.2 Å². The molecule has 0 radical (unpaired) electrons. The molecule has 1 N–H and O–H groups in total. The molecule has 0 aliphatic heterocycles. The first-order valence-electron chi connectivity index (χ1n) is 6.02. The van der Waals surface area contributed by atoms with Gasteiger partial charge in [-0.05, 0) is 5.56 Å². The summed E-state index contributed by atoms with van der Waals surface area (Å²) >= 11 is 0. The first-order valence-corrected chi connectivity index (χ1v) is 6.02. The number of aromatic amines is 1. The minimum Gasteiger partial charge on any atom is -0.367 e. The smallest absolute Gasteiger partial charge is 0.256 e. The van der Waals surface area contributed by atoms with Gasteiger partial charge in [-0.3, -0.25) is 9.89 Å². The predicted molar refractivity (Wildman–Crippen MR) is 71.3 cm³/mol. The van der Waals surface area contributed by atoms with Crippen molar-refractivity contribution in [3.63, 3.8) is 0 Å². The Bertz CT molecular complexity index is 511. The minimum absolute atomic E-state index is 0.0742. The number of methoxy groups -OCH3 is 1. The fourth-order valence-electron chi connectivity index (χ4n) is 1.92. The van der Waals surface area contributed by atoms with Crippen LogP contribution >= 0.6 is 0 Å². The molecule has 1 aromatic carbocycles. The SMILES string of the molecule is COC(C(=O)N(C)Cc1cn[nH]c1)c1ccccc1. The third-order valence-electron chi connectivity index (χ3n) is 2.91. The van der Waals surface area contributed by atoms with Gasteiger partial charge in [-0.1, -0.05) is 30.3 Å². The molecule has 100 valence electrons. The summed E-state index contributed by atoms with van der Waals surface area (Å²) in [6.07, 6.45) is 2.90. The van der Waals surface area contributed by atoms with E-state index in [1.165, 1.54) is 0 Å². The monoisotopic (exact) mass is 259 g/mol. The van der Waals surface area contributed by atoms with Crippen LogP contribution in [0.4, 0.5) is 0 Å². The van der Waals surface area contributed by atoms with Crippen LogP contribution in [0.25, 0.3) is 0 Å². The molecule has 0 spiro atoms. The average Bonchev–Trinajstić information content (AvgIpc) is 2.93. The van der Waals surface area contributed by atoms with E-state index in [-0.39, 0.29) is 5.91 Å². The van der Waals surface area contributed by atoms with Gasteiger partial charge in [0.05, 0.1) is 6.20 Å². The van der Waals surface area contributed by atoms with Crippen molar-refractivity contribution in [1.82, 2.24) is 15.1 Å². The molecule has 5 nitrogen and oxygen atoms in total. The molecule has 1 amide bonds. The Morgan fingerprint density at radius 3 is 2.74 bits per heavy atom. The molecule has 1 aromatic heterocycles. The number of hydrogen-bond donors (Lipinski definition) is 1. The normalized spacial score (nSPS) is 12.1. The van der Waals surface area contributed by atoms with Gasteiger partial charge in [0.15, 0.2) is 6.10 Å². The molecule has 2 aromatic rings. The first kappa shape index (κ1) is 13.3. The lowest BCUT2D eigenvalue weighted by molar-refractivity contribution is -0.141. The van der Waals surface area contributed by atoms with Crippen LogP contribution in [0.15, 0.2) is 42.7 Å². The standard InChI is InChI=1S/C14H17N3O2/c1-17(10-11-8-15-16-9-11)14(18)13(19-2)12-6-4-3-5-7-12/h3-9,13H,10H2,1-2H3,(H,15,16). The quantitative estimate of drug-likeness (QED) is 0.890. The summed E-state index contributed by atoms with van der Waals surface area (Å²) in [6.45, 7) is 0.502. The number of aromatic nitrogens is 2. The number of hydrogen-bond acceptors (Lipinski definition) is 3. The third kappa shape index (κ3) is 3.20. The molecule has 0 saturated heterocycles. The molecule has 1 atom stereocenters. The van der Waals surface area contributed by atoms with E-state index in [1.54, 1.807) is 31.5 Å². The van der Waals surface area contributed by atoms with Crippen LogP contribution in [0.5, 0.6) is 0 Å². The van der Waals surface area contributed by atoms with E-state index in [0.717, 1.165) is 11.1 Å². The lowest BCUT2D eigenvalue weighted by Gasteiger charge is -2.22. The molecule has 0 aliphatic rings. The van der Waals surface area contributed by atoms with Crippen molar-refractivity contribution >= 4 is 5.91 Å². The van der Waals surface area contributed by atoms with Crippen LogP contribution in [0.1, 0.15) is 17.2 Å². The fraction of sp³-hybridized carbons (Fsp3) is 0.286. The lowest BCUT2D eigenvalue weighted by atomic mass is 10.1. The lowest BCUT2D eigenvalue weighted by Crippen LogP contribution is -2.32. The Kier molecular flexibility index (Phi) is 4.30. The van der Waals surface area contributed by atoms with Gasteiger partial charge in [0.1, 0.15) is 0 Å². The number of carbonyl (C=O) groups is 1. The number of nitrogens with one attached hydrogen (secondary N) is 1. The van der Waals surface area contributed by atoms with Crippen molar-refractivity contribution in [3.8, 4) is 0 Å². The highest BCUT2D eigenvalue weighted by Crippen LogP contribution is 2.19. The van der Waals surface area contributed by atoms with Crippen LogP contribution in [0.3, 0.4) is 0 Å². The van der Waals surface area contributed by atoms with Gasteiger partial charge < -0.3 is 9.64 Å². The van der Waals surface area contributed by atoms with Crippen molar-refractivity contribution in [2.45, 2.75) is 12.6 Å². The summed E-state index contributed by atoms with van der Waals surface area (Å²) in [7, 11) is 3.30. The van der Waals surface area contributed by atoms with Gasteiger partial charge in [-0.15, -0.1) is 0 Å². The number of amides is 1. The van der Waals surface area contributed by atoms with E-state index in [1.807, 2.05) is 30.3 Å². The summed E-state index contributed by atoms with van der Waals surface area (Å²) in [6, 6.07) is 9.47. The average molecular weight is 259 g/mol. The van der Waals surface area contributed by atoms with Crippen molar-refractivity contribution in [2.24, 2.45) is 0 Å². The molecule has 1 heterocycles. The number of nitrogens with zero attached hydrogens (tertiary/aromatic N) is 2. The summed E-state index contributed by atoms with van der Waals surface area (Å²) in [5.74, 6) is -0.0742. The van der Waals surface area contributed by atoms with Gasteiger partial charge in [0, 0.05) is 32.5 Å². The van der Waals surface area contributed by atoms with Gasteiger partial charge >= 0.3 is 0 Å². The van der Waals surface area contributed by atoms with E-state index in [9.17, 15) is 4.79 Å². The van der Waals surface area contributed by atoms with E-state index >= 15 is 0 Å². The topological polar surface area (TPSA) is 58.2 Å². The largest absolute Gasteiger partial charge is 0.367 e. The molecule has 0 bridgehead atoms. The highest BCUT2D eigenvalue weighted by Gasteiger charge is 2.23. The predicted octanol–water partition coefficient (Wildman–Crippen LogP) is 1.76. The molecular formula is C14H17N3O2. The number of rotatable bonds is 5. The highest BCUT2D eigenvalue weighted by atomic mass is 16.5. The number of ether oxygens (including phenoxy) is 1. The number of carbonyl (C=O) groups excluding carboxylic acids is 1. The fourth-order valence-corrected chi connectivity index (χ4v) is 1.92. The summed E-state index contributed by atoms with van der Waals surface area (Å²) in [5, 5.41) is 6.59. The van der Waals surface area contributed by atoms with Crippen molar-refractivity contribution < 1.29 is 9.53 Å². The Labute approximate surface area is 112 Å². The number of H-pyrrole nitrogens is 1. The van der Waals surface area contributed by atoms with Crippen LogP contribution < -0.4 is 0 Å². The molecule has 0 aliphatic carbocycles. The zero-order valence-electron chi connectivity index (χ0n) is 11.0. The van der Waals surface area contributed by atoms with E-state index in [0.29, 0.717) is 6.54 Å². The summed E-state index contributed by atoms with van der Waals surface area (Å²) in [5.41, 5.74) is 1.81. The summed E-state index contributed by atoms with van der Waals surface area (Å²) < 4.78 is 5.32. The molecule has 0 fully saturated rings. The van der Waals surface area contributed by atoms with Gasteiger partial charge in [0.25, 0.3) is 5.91 Å². The second kappa shape index (κ2) is 6.15. The number of benzene rings is 1. The highest BCUT2D eigenvalue weighted by molar-refractivity contribution is 5.82. The van der Waals surface area contributed by atoms with E-state index in [2.05, 4.69) is 10.2 Å². The third-order valence-corrected chi connectivity index (χ3v) is 2.91. The molecular weight excluding hydrogens is 242 g/mol. The van der Waals surface area contributed by atoms with Gasteiger partial charge in [-0.2, -0.15) is 5.10 Å². The molecule has 19 heavy (non-hydrogen) atoms. The van der Waals surface area contributed by atoms with Crippen LogP contribution in [0.2, 0.25) is 0 Å². The van der Waals surface area contributed by atoms with Crippen molar-refractivity contribution in [2.75, 3.05) is 14.2 Å². The Hall–Kier alpha value is -2.14. The zero-order chi connectivity index (χ0) is 13.7. The van der Waals surface area contributed by atoms with E-state index < -0.39 is 6.10 Å². The summed E-state index contributed by atoms with van der Waals surface area (Å²) in [4.78, 5) is 14.0. The minimum atomic E-state index is -0.571. The zero-order valence-corrected chi connectivity index (χ0v) is 11.0. The van der Waals surface area contributed by atoms with Crippen LogP contribution in [0, 0.1) is 0 Å². The molecule has 1 unspecified atom stereocenters. The maximum Gasteiger partial charge on any atom is 0.256 e. The Morgan fingerprint density at radius 2 is 2.16 bits per heavy atom. The van der Waals surface area contributed by atoms with Crippen LogP contribution in [-0.2, 0) is 16.1 Å². The molecule has 2 rings (SSSR count). The maximum atomic E-state index is 12.4. The molecule has 0 saturated carbocycles. The first-order chi connectivity index (χ1) is 9.22. The second-order valence-corrected chi connectivity index (χ2v) is 4.33.